The summed E-state index contributed by atoms with van der Waals surface area (Å²) in [6, 6.07) is 19.7. The second-order valence-corrected chi connectivity index (χ2v) is 13.0. The Labute approximate surface area is 304 Å². The molecule has 52 heavy (non-hydrogen) atoms. The SMILES string of the molecule is O=C(O)[C@@H](CO)NCc1cc(Cl)c(OCc2cccc(-c3cccc(OCCCN4CCC(O)CC4)c3)c2F)cc1OCc1ccc2nonc2c1. The summed E-state index contributed by atoms with van der Waals surface area (Å²) in [5.74, 6) is -0.433. The Morgan fingerprint density at radius 2 is 1.75 bits per heavy atom. The third-order valence-electron chi connectivity index (χ3n) is 8.90. The van der Waals surface area contributed by atoms with Gasteiger partial charge in [0.15, 0.2) is 0 Å². The molecule has 1 atom stereocenters. The number of ether oxygens (including phenoxy) is 3. The number of nitrogens with one attached hydrogen (secondary N) is 1. The molecular formula is C38H40ClFN4O8. The molecule has 1 aliphatic heterocycles. The molecule has 6 rings (SSSR count). The van der Waals surface area contributed by atoms with Crippen LogP contribution in [0.4, 0.5) is 4.39 Å². The van der Waals surface area contributed by atoms with E-state index in [1.54, 1.807) is 42.5 Å². The van der Waals surface area contributed by atoms with E-state index in [0.717, 1.165) is 44.5 Å². The summed E-state index contributed by atoms with van der Waals surface area (Å²) >= 11 is 6.62. The van der Waals surface area contributed by atoms with E-state index in [4.69, 9.17) is 30.4 Å². The summed E-state index contributed by atoms with van der Waals surface area (Å²) in [5, 5.41) is 39.2. The normalized spacial score (nSPS) is 14.4. The van der Waals surface area contributed by atoms with Gasteiger partial charge in [-0.05, 0) is 71.0 Å². The van der Waals surface area contributed by atoms with Crippen LogP contribution < -0.4 is 19.5 Å². The lowest BCUT2D eigenvalue weighted by Gasteiger charge is -2.29. The smallest absolute Gasteiger partial charge is 0.323 e. The molecule has 12 nitrogen and oxygen atoms in total. The number of carbonyl (C=O) groups is 1. The number of halogens is 2. The number of fused-ring (bicyclic) bond motifs is 1. The van der Waals surface area contributed by atoms with Gasteiger partial charge >= 0.3 is 5.97 Å². The first kappa shape index (κ1) is 37.0. The van der Waals surface area contributed by atoms with Crippen molar-refractivity contribution in [2.45, 2.75) is 51.2 Å². The fourth-order valence-electron chi connectivity index (χ4n) is 5.94. The Kier molecular flexibility index (Phi) is 12.5. The van der Waals surface area contributed by atoms with Gasteiger partial charge in [0.2, 0.25) is 0 Å². The minimum absolute atomic E-state index is 0.0159. The third kappa shape index (κ3) is 9.55. The quantitative estimate of drug-likeness (QED) is 0.0878. The molecule has 0 spiro atoms. The Hall–Kier alpha value is -4.79. The van der Waals surface area contributed by atoms with Gasteiger partial charge < -0.3 is 34.4 Å². The lowest BCUT2D eigenvalue weighted by Crippen LogP contribution is -2.39. The molecule has 2 heterocycles. The summed E-state index contributed by atoms with van der Waals surface area (Å²) in [6.45, 7) is 2.58. The van der Waals surface area contributed by atoms with Crippen LogP contribution in [0.15, 0.2) is 77.4 Å². The molecule has 4 aromatic carbocycles. The first-order valence-corrected chi connectivity index (χ1v) is 17.4. The summed E-state index contributed by atoms with van der Waals surface area (Å²) in [7, 11) is 0. The lowest BCUT2D eigenvalue weighted by molar-refractivity contribution is -0.140. The van der Waals surface area contributed by atoms with Gasteiger partial charge in [-0.15, -0.1) is 0 Å². The van der Waals surface area contributed by atoms with E-state index in [0.29, 0.717) is 51.4 Å². The molecule has 5 aromatic rings. The standard InChI is InChI=1S/C38H40ClFN4O8/c39-31-18-27(20-41-34(21-45)38(47)48)35(50-22-24-8-9-32-33(16-24)43-52-42-32)19-36(31)51-23-26-5-2-7-30(37(26)40)25-4-1-6-29(17-25)49-15-3-12-44-13-10-28(46)11-14-44/h1-2,4-9,16-19,28,34,41,45-46H,3,10-15,20-23H2,(H,47,48)/t34-/m1/s1. The van der Waals surface area contributed by atoms with Crippen molar-refractivity contribution >= 4 is 28.6 Å². The van der Waals surface area contributed by atoms with Crippen LogP contribution in [0.5, 0.6) is 17.2 Å². The van der Waals surface area contributed by atoms with Crippen LogP contribution in [0.25, 0.3) is 22.2 Å². The average molecular weight is 735 g/mol. The topological polar surface area (TPSA) is 160 Å². The molecule has 0 saturated carbocycles. The van der Waals surface area contributed by atoms with Crippen molar-refractivity contribution in [3.63, 3.8) is 0 Å². The number of benzene rings is 4. The molecule has 0 unspecified atom stereocenters. The van der Waals surface area contributed by atoms with Crippen LogP contribution >= 0.6 is 11.6 Å². The molecule has 274 valence electrons. The van der Waals surface area contributed by atoms with E-state index in [2.05, 4.69) is 20.5 Å². The van der Waals surface area contributed by atoms with Crippen molar-refractivity contribution in [2.24, 2.45) is 0 Å². The van der Waals surface area contributed by atoms with E-state index in [-0.39, 0.29) is 36.6 Å². The van der Waals surface area contributed by atoms with Crippen molar-refractivity contribution in [1.82, 2.24) is 20.5 Å². The predicted molar refractivity (Wildman–Crippen MR) is 191 cm³/mol. The highest BCUT2D eigenvalue weighted by Crippen LogP contribution is 2.35. The molecule has 1 aliphatic rings. The van der Waals surface area contributed by atoms with E-state index in [9.17, 15) is 20.1 Å². The monoisotopic (exact) mass is 734 g/mol. The van der Waals surface area contributed by atoms with Crippen LogP contribution in [-0.2, 0) is 24.6 Å². The average Bonchev–Trinajstić information content (AvgIpc) is 3.62. The summed E-state index contributed by atoms with van der Waals surface area (Å²) in [4.78, 5) is 13.8. The molecule has 0 radical (unpaired) electrons. The number of aliphatic carboxylic acids is 1. The summed E-state index contributed by atoms with van der Waals surface area (Å²) in [6.07, 6.45) is 2.25. The van der Waals surface area contributed by atoms with E-state index in [1.165, 1.54) is 0 Å². The van der Waals surface area contributed by atoms with E-state index < -0.39 is 24.4 Å². The predicted octanol–water partition coefficient (Wildman–Crippen LogP) is 5.60. The fraction of sp³-hybridized carbons (Fsp3) is 0.342. The Morgan fingerprint density at radius 3 is 2.56 bits per heavy atom. The van der Waals surface area contributed by atoms with Gasteiger partial charge in [-0.2, -0.15) is 0 Å². The van der Waals surface area contributed by atoms with Crippen LogP contribution in [-0.4, -0.2) is 81.5 Å². The second kappa shape index (κ2) is 17.6. The molecule has 1 aromatic heterocycles. The van der Waals surface area contributed by atoms with E-state index >= 15 is 4.39 Å². The van der Waals surface area contributed by atoms with Crippen molar-refractivity contribution < 1.29 is 43.3 Å². The minimum atomic E-state index is -1.21. The third-order valence-corrected chi connectivity index (χ3v) is 9.19. The molecular weight excluding hydrogens is 695 g/mol. The number of likely N-dealkylation sites (tertiary alicyclic amines) is 1. The molecule has 1 saturated heterocycles. The molecule has 0 amide bonds. The lowest BCUT2D eigenvalue weighted by atomic mass is 10.0. The number of rotatable bonds is 17. The number of nitrogens with zero attached hydrogens (tertiary/aromatic N) is 3. The largest absolute Gasteiger partial charge is 0.494 e. The maximum absolute atomic E-state index is 16.0. The van der Waals surface area contributed by atoms with E-state index in [1.807, 2.05) is 30.3 Å². The first-order valence-electron chi connectivity index (χ1n) is 17.0. The number of aliphatic hydroxyl groups excluding tert-OH is 2. The van der Waals surface area contributed by atoms with Crippen molar-refractivity contribution in [2.75, 3.05) is 32.8 Å². The maximum Gasteiger partial charge on any atom is 0.323 e. The number of carboxylic acid groups (broad SMARTS) is 1. The second-order valence-electron chi connectivity index (χ2n) is 12.6. The minimum Gasteiger partial charge on any atom is -0.494 e. The molecule has 0 aliphatic carbocycles. The van der Waals surface area contributed by atoms with Crippen molar-refractivity contribution in [3.05, 3.63) is 100 Å². The van der Waals surface area contributed by atoms with Crippen LogP contribution in [0, 0.1) is 5.82 Å². The van der Waals surface area contributed by atoms with Gasteiger partial charge in [-0.3, -0.25) is 10.1 Å². The fourth-order valence-corrected chi connectivity index (χ4v) is 6.19. The van der Waals surface area contributed by atoms with Crippen LogP contribution in [0.1, 0.15) is 36.0 Å². The van der Waals surface area contributed by atoms with Gasteiger partial charge in [-0.25, -0.2) is 9.02 Å². The number of piperidine rings is 1. The zero-order valence-corrected chi connectivity index (χ0v) is 29.1. The zero-order valence-electron chi connectivity index (χ0n) is 28.3. The van der Waals surface area contributed by atoms with Gasteiger partial charge in [-0.1, -0.05) is 48.0 Å². The molecule has 14 heteroatoms. The molecule has 1 fully saturated rings. The van der Waals surface area contributed by atoms with Gasteiger partial charge in [0, 0.05) is 48.9 Å². The highest BCUT2D eigenvalue weighted by atomic mass is 35.5. The number of carboxylic acids is 1. The summed E-state index contributed by atoms with van der Waals surface area (Å²) in [5.41, 5.74) is 3.81. The van der Waals surface area contributed by atoms with Crippen molar-refractivity contribution in [3.8, 4) is 28.4 Å². The van der Waals surface area contributed by atoms with Crippen molar-refractivity contribution in [1.29, 1.82) is 0 Å². The van der Waals surface area contributed by atoms with Gasteiger partial charge in [0.25, 0.3) is 0 Å². The highest BCUT2D eigenvalue weighted by molar-refractivity contribution is 6.32. The van der Waals surface area contributed by atoms with Crippen LogP contribution in [0.3, 0.4) is 0 Å². The first-order chi connectivity index (χ1) is 25.3. The number of aromatic nitrogens is 2. The Morgan fingerprint density at radius 1 is 0.962 bits per heavy atom. The Bertz CT molecular complexity index is 1970. The molecule has 4 N–H and O–H groups in total. The number of aliphatic hydroxyl groups is 2. The van der Waals surface area contributed by atoms with Gasteiger partial charge in [0.1, 0.15) is 53.4 Å². The highest BCUT2D eigenvalue weighted by Gasteiger charge is 2.20. The Balaban J connectivity index is 1.13. The van der Waals surface area contributed by atoms with Gasteiger partial charge in [0.05, 0.1) is 24.3 Å². The number of hydrogen-bond donors (Lipinski definition) is 4. The summed E-state index contributed by atoms with van der Waals surface area (Å²) < 4.78 is 38.9. The van der Waals surface area contributed by atoms with Crippen LogP contribution in [0.2, 0.25) is 5.02 Å². The maximum atomic E-state index is 16.0. The molecule has 0 bridgehead atoms. The number of hydrogen-bond acceptors (Lipinski definition) is 11. The zero-order chi connectivity index (χ0) is 36.5.